The monoisotopic (exact) mass is 207 g/mol. The Morgan fingerprint density at radius 2 is 1.80 bits per heavy atom. The third kappa shape index (κ3) is 2.85. The van der Waals surface area contributed by atoms with Gasteiger partial charge < -0.3 is 10.2 Å². The number of rotatable bonds is 2. The largest absolute Gasteiger partial charge is 0.468 e. The average Bonchev–Trinajstić information content (AvgIpc) is 2.68. The Bertz CT molecular complexity index is 260. The van der Waals surface area contributed by atoms with Crippen LogP contribution in [-0.4, -0.2) is 0 Å². The minimum absolute atomic E-state index is 0.109. The summed E-state index contributed by atoms with van der Waals surface area (Å²) in [4.78, 5) is 0. The van der Waals surface area contributed by atoms with Crippen molar-refractivity contribution in [1.29, 1.82) is 0 Å². The summed E-state index contributed by atoms with van der Waals surface area (Å²) in [6.45, 7) is 0. The van der Waals surface area contributed by atoms with Crippen LogP contribution >= 0.6 is 0 Å². The Morgan fingerprint density at radius 3 is 2.40 bits per heavy atom. The average molecular weight is 207 g/mol. The molecular formula is C13H21NO. The second kappa shape index (κ2) is 5.36. The van der Waals surface area contributed by atoms with E-state index in [4.69, 9.17) is 10.2 Å². The van der Waals surface area contributed by atoms with E-state index in [1.165, 1.54) is 44.9 Å². The Labute approximate surface area is 91.8 Å². The first-order valence-electron chi connectivity index (χ1n) is 6.17. The van der Waals surface area contributed by atoms with E-state index in [0.717, 1.165) is 5.76 Å². The van der Waals surface area contributed by atoms with Gasteiger partial charge in [-0.1, -0.05) is 32.1 Å². The summed E-state index contributed by atoms with van der Waals surface area (Å²) >= 11 is 0. The van der Waals surface area contributed by atoms with Crippen molar-refractivity contribution in [2.45, 2.75) is 51.0 Å². The quantitative estimate of drug-likeness (QED) is 0.804. The summed E-state index contributed by atoms with van der Waals surface area (Å²) in [6, 6.07) is 4.04. The van der Waals surface area contributed by atoms with Crippen molar-refractivity contribution in [3.8, 4) is 0 Å². The lowest BCUT2D eigenvalue weighted by Gasteiger charge is -2.24. The number of furan rings is 1. The molecule has 2 rings (SSSR count). The molecule has 1 heterocycles. The zero-order valence-electron chi connectivity index (χ0n) is 9.32. The molecule has 84 valence electrons. The first kappa shape index (κ1) is 10.7. The Hall–Kier alpha value is -0.760. The molecule has 0 bridgehead atoms. The van der Waals surface area contributed by atoms with Gasteiger partial charge in [-0.3, -0.25) is 0 Å². The molecule has 1 fully saturated rings. The van der Waals surface area contributed by atoms with E-state index in [1.807, 2.05) is 12.1 Å². The van der Waals surface area contributed by atoms with Crippen LogP contribution in [0.1, 0.15) is 56.7 Å². The third-order valence-electron chi connectivity index (χ3n) is 3.53. The van der Waals surface area contributed by atoms with E-state index in [2.05, 4.69) is 0 Å². The predicted molar refractivity (Wildman–Crippen MR) is 61.4 cm³/mol. The van der Waals surface area contributed by atoms with Crippen molar-refractivity contribution in [1.82, 2.24) is 0 Å². The van der Waals surface area contributed by atoms with E-state index in [1.54, 1.807) is 6.26 Å². The molecule has 1 aromatic rings. The van der Waals surface area contributed by atoms with Crippen molar-refractivity contribution >= 4 is 0 Å². The fourth-order valence-electron chi connectivity index (χ4n) is 2.56. The maximum Gasteiger partial charge on any atom is 0.120 e. The summed E-state index contributed by atoms with van der Waals surface area (Å²) in [5.41, 5.74) is 6.24. The van der Waals surface area contributed by atoms with Gasteiger partial charge in [0, 0.05) is 0 Å². The standard InChI is InChI=1S/C13H21NO/c14-13(12-9-6-10-15-12)11-7-4-2-1-3-5-8-11/h6,9-11,13H,1-5,7-8,14H2/t13-/m0/s1. The second-order valence-corrected chi connectivity index (χ2v) is 4.65. The molecule has 15 heavy (non-hydrogen) atoms. The molecule has 1 aliphatic rings. The minimum Gasteiger partial charge on any atom is -0.468 e. The van der Waals surface area contributed by atoms with E-state index in [9.17, 15) is 0 Å². The smallest absolute Gasteiger partial charge is 0.120 e. The SMILES string of the molecule is N[C@H](c1ccco1)C1CCCCCCC1. The first-order chi connectivity index (χ1) is 7.38. The van der Waals surface area contributed by atoms with Crippen LogP contribution in [0.3, 0.4) is 0 Å². The summed E-state index contributed by atoms with van der Waals surface area (Å²) < 4.78 is 5.40. The molecule has 0 unspecified atom stereocenters. The molecule has 0 saturated heterocycles. The molecule has 0 aromatic carbocycles. The molecule has 2 heteroatoms. The zero-order valence-corrected chi connectivity index (χ0v) is 9.32. The normalized spacial score (nSPS) is 21.9. The number of hydrogen-bond donors (Lipinski definition) is 1. The van der Waals surface area contributed by atoms with E-state index in [0.29, 0.717) is 5.92 Å². The summed E-state index contributed by atoms with van der Waals surface area (Å²) in [5.74, 6) is 1.58. The van der Waals surface area contributed by atoms with E-state index >= 15 is 0 Å². The van der Waals surface area contributed by atoms with Crippen molar-refractivity contribution in [3.63, 3.8) is 0 Å². The van der Waals surface area contributed by atoms with Gasteiger partial charge in [0.05, 0.1) is 12.3 Å². The Balaban J connectivity index is 1.95. The van der Waals surface area contributed by atoms with Gasteiger partial charge in [0.25, 0.3) is 0 Å². The highest BCUT2D eigenvalue weighted by Crippen LogP contribution is 2.31. The van der Waals surface area contributed by atoms with Gasteiger partial charge in [0.2, 0.25) is 0 Å². The molecule has 1 aliphatic carbocycles. The summed E-state index contributed by atoms with van der Waals surface area (Å²) in [6.07, 6.45) is 11.1. The minimum atomic E-state index is 0.109. The van der Waals surface area contributed by atoms with Crippen LogP contribution in [0, 0.1) is 5.92 Å². The topological polar surface area (TPSA) is 39.2 Å². The summed E-state index contributed by atoms with van der Waals surface area (Å²) in [7, 11) is 0. The zero-order chi connectivity index (χ0) is 10.5. The lowest BCUT2D eigenvalue weighted by atomic mass is 9.85. The van der Waals surface area contributed by atoms with Crippen molar-refractivity contribution in [2.24, 2.45) is 11.7 Å². The van der Waals surface area contributed by atoms with Gasteiger partial charge in [-0.25, -0.2) is 0 Å². The first-order valence-corrected chi connectivity index (χ1v) is 6.17. The molecule has 0 aliphatic heterocycles. The Morgan fingerprint density at radius 1 is 1.13 bits per heavy atom. The van der Waals surface area contributed by atoms with Gasteiger partial charge in [-0.15, -0.1) is 0 Å². The highest BCUT2D eigenvalue weighted by atomic mass is 16.3. The molecule has 0 amide bonds. The van der Waals surface area contributed by atoms with Gasteiger partial charge in [-0.2, -0.15) is 0 Å². The van der Waals surface area contributed by atoms with Gasteiger partial charge in [-0.05, 0) is 30.9 Å². The lowest BCUT2D eigenvalue weighted by molar-refractivity contribution is 0.297. The molecular weight excluding hydrogens is 186 g/mol. The molecule has 1 aromatic heterocycles. The highest BCUT2D eigenvalue weighted by molar-refractivity contribution is 5.05. The molecule has 1 atom stereocenters. The van der Waals surface area contributed by atoms with Gasteiger partial charge in [0.15, 0.2) is 0 Å². The fraction of sp³-hybridized carbons (Fsp3) is 0.692. The molecule has 0 radical (unpaired) electrons. The fourth-order valence-corrected chi connectivity index (χ4v) is 2.56. The molecule has 2 N–H and O–H groups in total. The van der Waals surface area contributed by atoms with Crippen LogP contribution in [0.5, 0.6) is 0 Å². The van der Waals surface area contributed by atoms with Crippen LogP contribution in [0.4, 0.5) is 0 Å². The van der Waals surface area contributed by atoms with Crippen LogP contribution in [-0.2, 0) is 0 Å². The van der Waals surface area contributed by atoms with Crippen molar-refractivity contribution in [3.05, 3.63) is 24.2 Å². The van der Waals surface area contributed by atoms with Crippen molar-refractivity contribution < 1.29 is 4.42 Å². The molecule has 0 spiro atoms. The predicted octanol–water partition coefficient (Wildman–Crippen LogP) is 3.64. The van der Waals surface area contributed by atoms with Gasteiger partial charge in [0.1, 0.15) is 5.76 Å². The van der Waals surface area contributed by atoms with E-state index < -0.39 is 0 Å². The molecule has 1 saturated carbocycles. The van der Waals surface area contributed by atoms with Crippen molar-refractivity contribution in [2.75, 3.05) is 0 Å². The van der Waals surface area contributed by atoms with Crippen LogP contribution in [0.25, 0.3) is 0 Å². The lowest BCUT2D eigenvalue weighted by Crippen LogP contribution is -2.21. The maximum absolute atomic E-state index is 6.24. The van der Waals surface area contributed by atoms with Crippen LogP contribution in [0.15, 0.2) is 22.8 Å². The maximum atomic E-state index is 6.24. The Kier molecular flexibility index (Phi) is 3.84. The number of nitrogens with two attached hydrogens (primary N) is 1. The number of hydrogen-bond acceptors (Lipinski definition) is 2. The third-order valence-corrected chi connectivity index (χ3v) is 3.53. The molecule has 2 nitrogen and oxygen atoms in total. The van der Waals surface area contributed by atoms with Crippen LogP contribution < -0.4 is 5.73 Å². The van der Waals surface area contributed by atoms with E-state index in [-0.39, 0.29) is 6.04 Å². The van der Waals surface area contributed by atoms with Gasteiger partial charge >= 0.3 is 0 Å². The highest BCUT2D eigenvalue weighted by Gasteiger charge is 2.21. The van der Waals surface area contributed by atoms with Crippen LogP contribution in [0.2, 0.25) is 0 Å². The second-order valence-electron chi connectivity index (χ2n) is 4.65. The summed E-state index contributed by atoms with van der Waals surface area (Å²) in [5, 5.41) is 0.